The van der Waals surface area contributed by atoms with Gasteiger partial charge in [0.05, 0.1) is 26.4 Å². The van der Waals surface area contributed by atoms with Gasteiger partial charge in [-0.1, -0.05) is 11.6 Å². The molecule has 0 aliphatic rings. The van der Waals surface area contributed by atoms with E-state index in [2.05, 4.69) is 26.6 Å². The summed E-state index contributed by atoms with van der Waals surface area (Å²) >= 11 is 14.5. The van der Waals surface area contributed by atoms with E-state index in [1.807, 2.05) is 0 Å². The summed E-state index contributed by atoms with van der Waals surface area (Å²) in [6, 6.07) is 8.30. The highest BCUT2D eigenvalue weighted by atomic mass is 79.9. The number of carbonyl (C=O) groups is 1. The van der Waals surface area contributed by atoms with E-state index in [9.17, 15) is 4.79 Å². The molecule has 138 valence electrons. The third-order valence-electron chi connectivity index (χ3n) is 3.33. The molecule has 0 spiro atoms. The quantitative estimate of drug-likeness (QED) is 0.651. The molecular weight excluding hydrogens is 444 g/mol. The van der Waals surface area contributed by atoms with E-state index < -0.39 is 5.91 Å². The molecule has 0 radical (unpaired) electrons. The van der Waals surface area contributed by atoms with Crippen molar-refractivity contribution in [2.75, 3.05) is 26.6 Å². The zero-order valence-corrected chi connectivity index (χ0v) is 17.3. The van der Waals surface area contributed by atoms with Crippen LogP contribution in [0.3, 0.4) is 0 Å². The molecule has 0 saturated heterocycles. The predicted octanol–water partition coefficient (Wildman–Crippen LogP) is 4.26. The highest BCUT2D eigenvalue weighted by molar-refractivity contribution is 9.10. The van der Waals surface area contributed by atoms with Crippen molar-refractivity contribution in [3.05, 3.63) is 45.4 Å². The molecule has 0 aliphatic carbocycles. The van der Waals surface area contributed by atoms with Gasteiger partial charge in [0.25, 0.3) is 5.91 Å². The van der Waals surface area contributed by atoms with Gasteiger partial charge in [-0.05, 0) is 58.5 Å². The van der Waals surface area contributed by atoms with Crippen molar-refractivity contribution >= 4 is 56.5 Å². The molecule has 0 unspecified atom stereocenters. The second kappa shape index (κ2) is 9.07. The van der Waals surface area contributed by atoms with Gasteiger partial charge in [0.2, 0.25) is 5.75 Å². The Kier molecular flexibility index (Phi) is 7.07. The average Bonchev–Trinajstić information content (AvgIpc) is 2.63. The Morgan fingerprint density at radius 3 is 2.19 bits per heavy atom. The lowest BCUT2D eigenvalue weighted by Crippen LogP contribution is -2.34. The van der Waals surface area contributed by atoms with E-state index in [0.29, 0.717) is 33.5 Å². The minimum atomic E-state index is -0.426. The summed E-state index contributed by atoms with van der Waals surface area (Å²) in [5.74, 6) is 0.716. The van der Waals surface area contributed by atoms with Crippen LogP contribution in [0.25, 0.3) is 0 Å². The first-order chi connectivity index (χ1) is 12.4. The lowest BCUT2D eigenvalue weighted by Gasteiger charge is -2.14. The molecule has 2 N–H and O–H groups in total. The van der Waals surface area contributed by atoms with Crippen LogP contribution in [0.4, 0.5) is 5.69 Å². The molecule has 0 saturated carbocycles. The van der Waals surface area contributed by atoms with Gasteiger partial charge in [-0.2, -0.15) is 0 Å². The van der Waals surface area contributed by atoms with E-state index >= 15 is 0 Å². The van der Waals surface area contributed by atoms with Crippen molar-refractivity contribution in [2.45, 2.75) is 0 Å². The smallest absolute Gasteiger partial charge is 0.257 e. The second-order valence-electron chi connectivity index (χ2n) is 4.95. The molecule has 0 bridgehead atoms. The maximum absolute atomic E-state index is 12.5. The van der Waals surface area contributed by atoms with Crippen LogP contribution >= 0.6 is 39.7 Å². The van der Waals surface area contributed by atoms with Crippen LogP contribution in [0.5, 0.6) is 17.2 Å². The predicted molar refractivity (Wildman–Crippen MR) is 109 cm³/mol. The molecule has 0 heterocycles. The number of halogens is 2. The second-order valence-corrected chi connectivity index (χ2v) is 6.62. The Morgan fingerprint density at radius 1 is 1.08 bits per heavy atom. The SMILES string of the molecule is COc1cc(C(=O)NC(=S)Nc2ccc(Br)c(Cl)c2)cc(OC)c1OC. The van der Waals surface area contributed by atoms with Gasteiger partial charge >= 0.3 is 0 Å². The standard InChI is InChI=1S/C17H16BrClN2O4S/c1-23-13-6-9(7-14(24-2)15(13)25-3)16(22)21-17(26)20-10-4-5-11(18)12(19)8-10/h4-8H,1-3H3,(H2,20,21,22,26). The molecule has 9 heteroatoms. The fraction of sp³-hybridized carbons (Fsp3) is 0.176. The van der Waals surface area contributed by atoms with Gasteiger partial charge in [-0.25, -0.2) is 0 Å². The molecule has 2 aromatic rings. The van der Waals surface area contributed by atoms with Crippen LogP contribution < -0.4 is 24.8 Å². The third kappa shape index (κ3) is 4.78. The summed E-state index contributed by atoms with van der Waals surface area (Å²) < 4.78 is 16.5. The number of hydrogen-bond acceptors (Lipinski definition) is 5. The Hall–Kier alpha value is -2.03. The number of amides is 1. The number of ether oxygens (including phenoxy) is 3. The number of nitrogens with one attached hydrogen (secondary N) is 2. The number of carbonyl (C=O) groups excluding carboxylic acids is 1. The molecule has 2 rings (SSSR count). The van der Waals surface area contributed by atoms with Crippen LogP contribution in [0.15, 0.2) is 34.8 Å². The maximum Gasteiger partial charge on any atom is 0.257 e. The normalized spacial score (nSPS) is 10.0. The van der Waals surface area contributed by atoms with Crippen molar-refractivity contribution in [2.24, 2.45) is 0 Å². The summed E-state index contributed by atoms with van der Waals surface area (Å²) in [5, 5.41) is 6.14. The number of benzene rings is 2. The molecule has 0 aliphatic heterocycles. The first-order valence-corrected chi connectivity index (χ1v) is 8.85. The number of rotatable bonds is 5. The van der Waals surface area contributed by atoms with Crippen molar-refractivity contribution in [1.82, 2.24) is 5.32 Å². The molecule has 6 nitrogen and oxygen atoms in total. The van der Waals surface area contributed by atoms with Gasteiger partial charge in [0.15, 0.2) is 16.6 Å². The number of hydrogen-bond donors (Lipinski definition) is 2. The van der Waals surface area contributed by atoms with Crippen LogP contribution in [0.1, 0.15) is 10.4 Å². The van der Waals surface area contributed by atoms with E-state index in [-0.39, 0.29) is 5.11 Å². The van der Waals surface area contributed by atoms with E-state index in [4.69, 9.17) is 38.0 Å². The maximum atomic E-state index is 12.5. The van der Waals surface area contributed by atoms with Crippen LogP contribution in [-0.2, 0) is 0 Å². The minimum Gasteiger partial charge on any atom is -0.493 e. The molecule has 0 atom stereocenters. The van der Waals surface area contributed by atoms with Crippen LogP contribution in [0.2, 0.25) is 5.02 Å². The zero-order valence-electron chi connectivity index (χ0n) is 14.2. The Labute approximate surface area is 169 Å². The van der Waals surface area contributed by atoms with E-state index in [1.165, 1.54) is 33.5 Å². The Morgan fingerprint density at radius 2 is 1.69 bits per heavy atom. The monoisotopic (exact) mass is 458 g/mol. The third-order valence-corrected chi connectivity index (χ3v) is 4.77. The van der Waals surface area contributed by atoms with Crippen molar-refractivity contribution < 1.29 is 19.0 Å². The van der Waals surface area contributed by atoms with Crippen molar-refractivity contribution in [1.29, 1.82) is 0 Å². The number of methoxy groups -OCH3 is 3. The number of thiocarbonyl (C=S) groups is 1. The summed E-state index contributed by atoms with van der Waals surface area (Å²) in [6.45, 7) is 0. The molecular formula is C17H16BrClN2O4S. The molecule has 26 heavy (non-hydrogen) atoms. The lowest BCUT2D eigenvalue weighted by molar-refractivity contribution is 0.0977. The van der Waals surface area contributed by atoms with Crippen molar-refractivity contribution in [3.8, 4) is 17.2 Å². The molecule has 2 aromatic carbocycles. The lowest BCUT2D eigenvalue weighted by atomic mass is 10.1. The summed E-state index contributed by atoms with van der Waals surface area (Å²) in [4.78, 5) is 12.5. The topological polar surface area (TPSA) is 68.8 Å². The first kappa shape index (κ1) is 20.3. The van der Waals surface area contributed by atoms with Crippen LogP contribution in [0, 0.1) is 0 Å². The molecule has 1 amide bonds. The Balaban J connectivity index is 2.15. The fourth-order valence-electron chi connectivity index (χ4n) is 2.12. The first-order valence-electron chi connectivity index (χ1n) is 7.27. The highest BCUT2D eigenvalue weighted by Gasteiger charge is 2.17. The van der Waals surface area contributed by atoms with Gasteiger partial charge < -0.3 is 19.5 Å². The van der Waals surface area contributed by atoms with Gasteiger partial charge in [0, 0.05) is 15.7 Å². The number of anilines is 1. The zero-order chi connectivity index (χ0) is 19.3. The van der Waals surface area contributed by atoms with E-state index in [0.717, 1.165) is 4.47 Å². The average molecular weight is 460 g/mol. The molecule has 0 aromatic heterocycles. The highest BCUT2D eigenvalue weighted by Crippen LogP contribution is 2.38. The fourth-order valence-corrected chi connectivity index (χ4v) is 2.76. The van der Waals surface area contributed by atoms with Gasteiger partial charge in [-0.15, -0.1) is 0 Å². The Bertz CT molecular complexity index is 823. The largest absolute Gasteiger partial charge is 0.493 e. The minimum absolute atomic E-state index is 0.127. The van der Waals surface area contributed by atoms with Gasteiger partial charge in [-0.3, -0.25) is 10.1 Å². The molecule has 0 fully saturated rings. The van der Waals surface area contributed by atoms with Crippen LogP contribution in [-0.4, -0.2) is 32.3 Å². The van der Waals surface area contributed by atoms with E-state index in [1.54, 1.807) is 18.2 Å². The van der Waals surface area contributed by atoms with Gasteiger partial charge in [0.1, 0.15) is 0 Å². The summed E-state index contributed by atoms with van der Waals surface area (Å²) in [7, 11) is 4.44. The summed E-state index contributed by atoms with van der Waals surface area (Å²) in [6.07, 6.45) is 0. The summed E-state index contributed by atoms with van der Waals surface area (Å²) in [5.41, 5.74) is 0.950. The van der Waals surface area contributed by atoms with Crippen molar-refractivity contribution in [3.63, 3.8) is 0 Å².